The number of nitrogens with one attached hydrogen (secondary N) is 2. The molecule has 0 bridgehead atoms. The van der Waals surface area contributed by atoms with Crippen molar-refractivity contribution in [3.63, 3.8) is 0 Å². The van der Waals surface area contributed by atoms with Gasteiger partial charge in [-0.3, -0.25) is 0 Å². The summed E-state index contributed by atoms with van der Waals surface area (Å²) in [6, 6.07) is 7.27. The van der Waals surface area contributed by atoms with E-state index in [1.165, 1.54) is 0 Å². The van der Waals surface area contributed by atoms with Crippen molar-refractivity contribution in [3.05, 3.63) is 24.3 Å². The summed E-state index contributed by atoms with van der Waals surface area (Å²) in [5.74, 6) is 0.247. The minimum Gasteiger partial charge on any atom is -0.504 e. The van der Waals surface area contributed by atoms with Crippen LogP contribution in [0.15, 0.2) is 29.4 Å². The van der Waals surface area contributed by atoms with Crippen LogP contribution in [0.5, 0.6) is 5.75 Å². The van der Waals surface area contributed by atoms with Crippen LogP contribution in [0.1, 0.15) is 0 Å². The van der Waals surface area contributed by atoms with Gasteiger partial charge in [0.05, 0.1) is 5.52 Å². The van der Waals surface area contributed by atoms with Gasteiger partial charge in [0.2, 0.25) is 0 Å². The first-order valence-corrected chi connectivity index (χ1v) is 3.50. The number of aromatic nitrogens is 1. The average Bonchev–Trinajstić information content (AvgIpc) is 2.44. The minimum atomic E-state index is 0.0422. The van der Waals surface area contributed by atoms with E-state index in [9.17, 15) is 5.11 Å². The molecule has 4 heteroatoms. The minimum absolute atomic E-state index is 0.0422. The fourth-order valence-corrected chi connectivity index (χ4v) is 1.19. The van der Waals surface area contributed by atoms with Gasteiger partial charge in [-0.2, -0.15) is 0 Å². The second kappa shape index (κ2) is 2.34. The molecule has 4 nitrogen and oxygen atoms in total. The van der Waals surface area contributed by atoms with E-state index in [0.717, 1.165) is 5.52 Å². The summed E-state index contributed by atoms with van der Waals surface area (Å²) in [4.78, 5) is 2.81. The third-order valence-electron chi connectivity index (χ3n) is 1.77. The summed E-state index contributed by atoms with van der Waals surface area (Å²) < 4.78 is 0. The molecule has 0 amide bonds. The topological polar surface area (TPSA) is 72.2 Å². The molecule has 0 unspecified atom stereocenters. The first-order chi connectivity index (χ1) is 5.83. The highest BCUT2D eigenvalue weighted by Crippen LogP contribution is 2.33. The molecule has 0 radical (unpaired) electrons. The van der Waals surface area contributed by atoms with E-state index >= 15 is 0 Å². The second-order valence-electron chi connectivity index (χ2n) is 2.48. The van der Waals surface area contributed by atoms with Gasteiger partial charge in [0.15, 0.2) is 11.6 Å². The van der Waals surface area contributed by atoms with Crippen molar-refractivity contribution in [1.82, 2.24) is 4.98 Å². The van der Waals surface area contributed by atoms with E-state index in [-0.39, 0.29) is 11.6 Å². The maximum atomic E-state index is 9.44. The maximum absolute atomic E-state index is 9.44. The van der Waals surface area contributed by atoms with E-state index in [1.54, 1.807) is 6.07 Å². The third kappa shape index (κ3) is 0.780. The molecule has 1 heterocycles. The molecule has 0 spiro atoms. The first-order valence-electron chi connectivity index (χ1n) is 3.50. The monoisotopic (exact) mass is 161 g/mol. The second-order valence-corrected chi connectivity index (χ2v) is 2.48. The summed E-state index contributed by atoms with van der Waals surface area (Å²) in [6.45, 7) is 0. The molecule has 12 heavy (non-hydrogen) atoms. The number of benzene rings is 1. The number of aromatic amines is 1. The summed E-state index contributed by atoms with van der Waals surface area (Å²) in [5.41, 5.74) is 7.54. The van der Waals surface area contributed by atoms with Gasteiger partial charge < -0.3 is 10.1 Å². The van der Waals surface area contributed by atoms with E-state index in [4.69, 9.17) is 5.53 Å². The smallest absolute Gasteiger partial charge is 0.195 e. The van der Waals surface area contributed by atoms with Crippen LogP contribution in [0.2, 0.25) is 0 Å². The van der Waals surface area contributed by atoms with E-state index in [0.29, 0.717) is 5.39 Å². The predicted molar refractivity (Wildman–Crippen MR) is 44.8 cm³/mol. The van der Waals surface area contributed by atoms with Crippen LogP contribution in [-0.4, -0.2) is 10.1 Å². The lowest BCUT2D eigenvalue weighted by atomic mass is 10.2. The van der Waals surface area contributed by atoms with Gasteiger partial charge in [-0.1, -0.05) is 12.1 Å². The molecule has 0 saturated carbocycles. The predicted octanol–water partition coefficient (Wildman–Crippen LogP) is 2.54. The SMILES string of the molecule is N=Nc1[nH]c2ccccc2c1O. The molecule has 0 aliphatic heterocycles. The third-order valence-corrected chi connectivity index (χ3v) is 1.77. The van der Waals surface area contributed by atoms with Gasteiger partial charge in [-0.25, -0.2) is 5.53 Å². The zero-order chi connectivity index (χ0) is 8.55. The van der Waals surface area contributed by atoms with Crippen LogP contribution in [0, 0.1) is 5.53 Å². The van der Waals surface area contributed by atoms with Gasteiger partial charge >= 0.3 is 0 Å². The summed E-state index contributed by atoms with van der Waals surface area (Å²) in [7, 11) is 0. The highest BCUT2D eigenvalue weighted by Gasteiger charge is 2.07. The number of nitrogens with zero attached hydrogens (tertiary/aromatic N) is 1. The van der Waals surface area contributed by atoms with Crippen LogP contribution in [0.4, 0.5) is 5.82 Å². The Bertz CT molecular complexity index is 433. The lowest BCUT2D eigenvalue weighted by molar-refractivity contribution is 0.482. The normalized spacial score (nSPS) is 10.3. The zero-order valence-corrected chi connectivity index (χ0v) is 6.20. The van der Waals surface area contributed by atoms with Crippen LogP contribution in [0.25, 0.3) is 10.9 Å². The molecular formula is C8H7N3O. The molecule has 0 fully saturated rings. The molecule has 1 aromatic heterocycles. The Morgan fingerprint density at radius 1 is 1.33 bits per heavy atom. The lowest BCUT2D eigenvalue weighted by Crippen LogP contribution is -1.63. The number of para-hydroxylation sites is 1. The zero-order valence-electron chi connectivity index (χ0n) is 6.20. The van der Waals surface area contributed by atoms with E-state index in [1.807, 2.05) is 18.2 Å². The molecular weight excluding hydrogens is 154 g/mol. The summed E-state index contributed by atoms with van der Waals surface area (Å²) >= 11 is 0. The Morgan fingerprint density at radius 3 is 2.75 bits per heavy atom. The number of hydrogen-bond acceptors (Lipinski definition) is 3. The fraction of sp³-hybridized carbons (Fsp3) is 0. The number of hydrogen-bond donors (Lipinski definition) is 3. The van der Waals surface area contributed by atoms with Gasteiger partial charge in [0.1, 0.15) is 0 Å². The highest BCUT2D eigenvalue weighted by atomic mass is 16.3. The van der Waals surface area contributed by atoms with Crippen LogP contribution in [0.3, 0.4) is 0 Å². The molecule has 0 saturated heterocycles. The first kappa shape index (κ1) is 6.84. The van der Waals surface area contributed by atoms with E-state index < -0.39 is 0 Å². The molecule has 2 aromatic rings. The quantitative estimate of drug-likeness (QED) is 0.552. The fourth-order valence-electron chi connectivity index (χ4n) is 1.19. The summed E-state index contributed by atoms with van der Waals surface area (Å²) in [6.07, 6.45) is 0. The Morgan fingerprint density at radius 2 is 2.08 bits per heavy atom. The molecule has 2 rings (SSSR count). The number of H-pyrrole nitrogens is 1. The van der Waals surface area contributed by atoms with Crippen LogP contribution < -0.4 is 0 Å². The standard InChI is InChI=1S/C8H7N3O/c9-11-8-7(12)5-3-1-2-4-6(5)10-8/h1-4,9-10,12H. The van der Waals surface area contributed by atoms with Gasteiger partial charge in [0.25, 0.3) is 0 Å². The number of rotatable bonds is 1. The molecule has 1 aromatic carbocycles. The van der Waals surface area contributed by atoms with Gasteiger partial charge in [-0.15, -0.1) is 5.11 Å². The van der Waals surface area contributed by atoms with Crippen molar-refractivity contribution < 1.29 is 5.11 Å². The van der Waals surface area contributed by atoms with Gasteiger partial charge in [-0.05, 0) is 12.1 Å². The van der Waals surface area contributed by atoms with Crippen LogP contribution in [-0.2, 0) is 0 Å². The van der Waals surface area contributed by atoms with Crippen molar-refractivity contribution in [2.24, 2.45) is 5.11 Å². The van der Waals surface area contributed by atoms with Crippen molar-refractivity contribution in [1.29, 1.82) is 5.53 Å². The molecule has 3 N–H and O–H groups in total. The number of aromatic hydroxyl groups is 1. The van der Waals surface area contributed by atoms with Crippen LogP contribution >= 0.6 is 0 Å². The Labute approximate surface area is 68.4 Å². The van der Waals surface area contributed by atoms with Crippen molar-refractivity contribution >= 4 is 16.7 Å². The highest BCUT2D eigenvalue weighted by molar-refractivity contribution is 5.90. The lowest BCUT2D eigenvalue weighted by Gasteiger charge is -1.86. The molecule has 60 valence electrons. The van der Waals surface area contributed by atoms with Crippen molar-refractivity contribution in [2.75, 3.05) is 0 Å². The number of fused-ring (bicyclic) bond motifs is 1. The summed E-state index contributed by atoms with van der Waals surface area (Å²) in [5, 5.41) is 13.3. The van der Waals surface area contributed by atoms with Crippen molar-refractivity contribution in [3.8, 4) is 5.75 Å². The Hall–Kier alpha value is -1.84. The largest absolute Gasteiger partial charge is 0.504 e. The Balaban J connectivity index is 2.87. The maximum Gasteiger partial charge on any atom is 0.195 e. The Kier molecular flexibility index (Phi) is 1.33. The molecule has 0 atom stereocenters. The van der Waals surface area contributed by atoms with E-state index in [2.05, 4.69) is 10.1 Å². The van der Waals surface area contributed by atoms with Gasteiger partial charge in [0, 0.05) is 5.39 Å². The average molecular weight is 161 g/mol. The molecule has 0 aliphatic rings. The van der Waals surface area contributed by atoms with Crippen molar-refractivity contribution in [2.45, 2.75) is 0 Å². The molecule has 0 aliphatic carbocycles.